The van der Waals surface area contributed by atoms with Gasteiger partial charge in [0.15, 0.2) is 5.76 Å². The Balaban J connectivity index is 2.14. The van der Waals surface area contributed by atoms with Gasteiger partial charge in [0, 0.05) is 26.6 Å². The summed E-state index contributed by atoms with van der Waals surface area (Å²) >= 11 is 0. The topological polar surface area (TPSA) is 82.8 Å². The van der Waals surface area contributed by atoms with Crippen molar-refractivity contribution in [3.05, 3.63) is 24.2 Å². The molecule has 0 aliphatic carbocycles. The van der Waals surface area contributed by atoms with E-state index in [9.17, 15) is 9.59 Å². The van der Waals surface area contributed by atoms with Crippen LogP contribution < -0.4 is 5.32 Å². The number of hydrogen-bond acceptors (Lipinski definition) is 4. The van der Waals surface area contributed by atoms with E-state index in [1.54, 1.807) is 31.0 Å². The summed E-state index contributed by atoms with van der Waals surface area (Å²) in [5, 5.41) is 11.8. The van der Waals surface area contributed by atoms with Crippen molar-refractivity contribution in [3.8, 4) is 0 Å². The summed E-state index contributed by atoms with van der Waals surface area (Å²) in [4.78, 5) is 24.9. The van der Waals surface area contributed by atoms with E-state index in [2.05, 4.69) is 5.32 Å². The molecule has 6 nitrogen and oxygen atoms in total. The van der Waals surface area contributed by atoms with Gasteiger partial charge in [0.2, 0.25) is 5.91 Å². The standard InChI is InChI=1S/C14H22N2O4/c1-11(17)7-9-16(2)13(18)6-3-8-15-14(19)12-5-4-10-20-12/h4-5,10-11,17H,3,6-9H2,1-2H3,(H,15,19). The maximum Gasteiger partial charge on any atom is 0.286 e. The molecule has 20 heavy (non-hydrogen) atoms. The molecule has 1 atom stereocenters. The fourth-order valence-corrected chi connectivity index (χ4v) is 1.63. The summed E-state index contributed by atoms with van der Waals surface area (Å²) in [6.07, 6.45) is 2.55. The molecule has 6 heteroatoms. The van der Waals surface area contributed by atoms with Crippen LogP contribution in [0.2, 0.25) is 0 Å². The molecule has 1 heterocycles. The van der Waals surface area contributed by atoms with Crippen LogP contribution in [0.1, 0.15) is 36.7 Å². The molecule has 1 aromatic rings. The molecule has 0 bridgehead atoms. The third-order valence-electron chi connectivity index (χ3n) is 2.91. The molecule has 0 aliphatic heterocycles. The Kier molecular flexibility index (Phi) is 6.79. The van der Waals surface area contributed by atoms with Crippen molar-refractivity contribution < 1.29 is 19.1 Å². The average molecular weight is 282 g/mol. The van der Waals surface area contributed by atoms with E-state index in [0.717, 1.165) is 0 Å². The van der Waals surface area contributed by atoms with Crippen molar-refractivity contribution in [2.24, 2.45) is 0 Å². The highest BCUT2D eigenvalue weighted by Crippen LogP contribution is 2.01. The Morgan fingerprint density at radius 3 is 2.85 bits per heavy atom. The van der Waals surface area contributed by atoms with Gasteiger partial charge in [0.1, 0.15) is 0 Å². The van der Waals surface area contributed by atoms with Gasteiger partial charge >= 0.3 is 0 Å². The van der Waals surface area contributed by atoms with Crippen LogP contribution in [0.25, 0.3) is 0 Å². The molecule has 0 fully saturated rings. The van der Waals surface area contributed by atoms with E-state index < -0.39 is 6.10 Å². The number of carbonyl (C=O) groups excluding carboxylic acids is 2. The Morgan fingerprint density at radius 1 is 1.50 bits per heavy atom. The number of hydrogen-bond donors (Lipinski definition) is 2. The van der Waals surface area contributed by atoms with E-state index in [-0.39, 0.29) is 17.6 Å². The van der Waals surface area contributed by atoms with Crippen LogP contribution in [0, 0.1) is 0 Å². The zero-order chi connectivity index (χ0) is 15.0. The molecule has 2 N–H and O–H groups in total. The minimum Gasteiger partial charge on any atom is -0.459 e. The van der Waals surface area contributed by atoms with Crippen molar-refractivity contribution in [1.29, 1.82) is 0 Å². The summed E-state index contributed by atoms with van der Waals surface area (Å²) in [6, 6.07) is 3.24. The van der Waals surface area contributed by atoms with Crippen LogP contribution >= 0.6 is 0 Å². The number of furan rings is 1. The molecule has 1 unspecified atom stereocenters. The predicted molar refractivity (Wildman–Crippen MR) is 74.2 cm³/mol. The van der Waals surface area contributed by atoms with Gasteiger partial charge in [0.25, 0.3) is 5.91 Å². The number of amides is 2. The van der Waals surface area contributed by atoms with E-state index in [1.165, 1.54) is 6.26 Å². The largest absolute Gasteiger partial charge is 0.459 e. The molecule has 0 saturated carbocycles. The maximum atomic E-state index is 11.7. The van der Waals surface area contributed by atoms with Crippen LogP contribution in [-0.2, 0) is 4.79 Å². The van der Waals surface area contributed by atoms with Crippen molar-refractivity contribution in [2.45, 2.75) is 32.3 Å². The Bertz CT molecular complexity index is 415. The Morgan fingerprint density at radius 2 is 2.25 bits per heavy atom. The zero-order valence-electron chi connectivity index (χ0n) is 12.0. The van der Waals surface area contributed by atoms with Gasteiger partial charge in [-0.1, -0.05) is 0 Å². The normalized spacial score (nSPS) is 11.9. The van der Waals surface area contributed by atoms with E-state index >= 15 is 0 Å². The SMILES string of the molecule is CC(O)CCN(C)C(=O)CCCNC(=O)c1ccco1. The minimum absolute atomic E-state index is 0.0119. The lowest BCUT2D eigenvalue weighted by Gasteiger charge is -2.17. The first-order valence-corrected chi connectivity index (χ1v) is 6.74. The third-order valence-corrected chi connectivity index (χ3v) is 2.91. The molecular formula is C14H22N2O4. The lowest BCUT2D eigenvalue weighted by molar-refractivity contribution is -0.130. The third kappa shape index (κ3) is 5.88. The quantitative estimate of drug-likeness (QED) is 0.697. The van der Waals surface area contributed by atoms with Gasteiger partial charge in [-0.3, -0.25) is 9.59 Å². The summed E-state index contributed by atoms with van der Waals surface area (Å²) in [5.41, 5.74) is 0. The van der Waals surface area contributed by atoms with Crippen molar-refractivity contribution >= 4 is 11.8 Å². The molecule has 0 spiro atoms. The second kappa shape index (κ2) is 8.37. The second-order valence-electron chi connectivity index (χ2n) is 4.79. The number of carbonyl (C=O) groups is 2. The van der Waals surface area contributed by atoms with Gasteiger partial charge in [0.05, 0.1) is 12.4 Å². The number of rotatable bonds is 8. The van der Waals surface area contributed by atoms with Gasteiger partial charge in [-0.25, -0.2) is 0 Å². The lowest BCUT2D eigenvalue weighted by Crippen LogP contribution is -2.30. The summed E-state index contributed by atoms with van der Waals surface area (Å²) in [7, 11) is 1.71. The summed E-state index contributed by atoms with van der Waals surface area (Å²) < 4.78 is 4.96. The van der Waals surface area contributed by atoms with Crippen molar-refractivity contribution in [3.63, 3.8) is 0 Å². The van der Waals surface area contributed by atoms with Crippen molar-refractivity contribution in [1.82, 2.24) is 10.2 Å². The molecule has 0 saturated heterocycles. The van der Waals surface area contributed by atoms with Gasteiger partial charge < -0.3 is 19.7 Å². The average Bonchev–Trinajstić information content (AvgIpc) is 2.94. The first-order valence-electron chi connectivity index (χ1n) is 6.74. The van der Waals surface area contributed by atoms with Gasteiger partial charge in [-0.15, -0.1) is 0 Å². The lowest BCUT2D eigenvalue weighted by atomic mass is 10.2. The fraction of sp³-hybridized carbons (Fsp3) is 0.571. The molecule has 0 aliphatic rings. The van der Waals surface area contributed by atoms with E-state index in [4.69, 9.17) is 9.52 Å². The zero-order valence-corrected chi connectivity index (χ0v) is 12.0. The van der Waals surface area contributed by atoms with Crippen LogP contribution in [0.4, 0.5) is 0 Å². The second-order valence-corrected chi connectivity index (χ2v) is 4.79. The first kappa shape index (κ1) is 16.2. The minimum atomic E-state index is -0.405. The molecule has 0 aromatic carbocycles. The Hall–Kier alpha value is -1.82. The molecule has 0 radical (unpaired) electrons. The van der Waals surface area contributed by atoms with Gasteiger partial charge in [-0.05, 0) is 31.9 Å². The Labute approximate surface area is 118 Å². The molecule has 1 rings (SSSR count). The number of nitrogens with one attached hydrogen (secondary N) is 1. The number of aliphatic hydroxyl groups excluding tert-OH is 1. The monoisotopic (exact) mass is 282 g/mol. The highest BCUT2D eigenvalue weighted by Gasteiger charge is 2.10. The highest BCUT2D eigenvalue weighted by molar-refractivity contribution is 5.91. The molecule has 1 aromatic heterocycles. The fourth-order valence-electron chi connectivity index (χ4n) is 1.63. The smallest absolute Gasteiger partial charge is 0.286 e. The number of nitrogens with zero attached hydrogens (tertiary/aromatic N) is 1. The van der Waals surface area contributed by atoms with Gasteiger partial charge in [-0.2, -0.15) is 0 Å². The summed E-state index contributed by atoms with van der Waals surface area (Å²) in [6.45, 7) is 2.66. The van der Waals surface area contributed by atoms with Crippen LogP contribution in [0.5, 0.6) is 0 Å². The molecule has 112 valence electrons. The van der Waals surface area contributed by atoms with E-state index in [1.807, 2.05) is 0 Å². The van der Waals surface area contributed by atoms with Crippen molar-refractivity contribution in [2.75, 3.05) is 20.1 Å². The highest BCUT2D eigenvalue weighted by atomic mass is 16.3. The molecular weight excluding hydrogens is 260 g/mol. The summed E-state index contributed by atoms with van der Waals surface area (Å²) in [5.74, 6) is 0.00758. The maximum absolute atomic E-state index is 11.7. The number of aliphatic hydroxyl groups is 1. The van der Waals surface area contributed by atoms with Crippen LogP contribution in [0.15, 0.2) is 22.8 Å². The first-order chi connectivity index (χ1) is 9.50. The van der Waals surface area contributed by atoms with E-state index in [0.29, 0.717) is 32.4 Å². The molecule has 2 amide bonds. The van der Waals surface area contributed by atoms with Crippen LogP contribution in [-0.4, -0.2) is 48.1 Å². The van der Waals surface area contributed by atoms with Crippen LogP contribution in [0.3, 0.4) is 0 Å². The predicted octanol–water partition coefficient (Wildman–Crippen LogP) is 1.02.